The van der Waals surface area contributed by atoms with Crippen molar-refractivity contribution in [3.63, 3.8) is 0 Å². The van der Waals surface area contributed by atoms with E-state index in [9.17, 15) is 4.79 Å². The van der Waals surface area contributed by atoms with Crippen molar-refractivity contribution in [3.05, 3.63) is 23.5 Å². The summed E-state index contributed by atoms with van der Waals surface area (Å²) in [6.07, 6.45) is 1.99. The summed E-state index contributed by atoms with van der Waals surface area (Å²) in [4.78, 5) is 12.2. The van der Waals surface area contributed by atoms with Crippen molar-refractivity contribution in [3.8, 4) is 0 Å². The Morgan fingerprint density at radius 2 is 2.20 bits per heavy atom. The predicted molar refractivity (Wildman–Crippen MR) is 93.3 cm³/mol. The molecule has 8 nitrogen and oxygen atoms in total. The number of aromatic nitrogens is 4. The molecule has 0 saturated carbocycles. The lowest BCUT2D eigenvalue weighted by molar-refractivity contribution is -0.117. The van der Waals surface area contributed by atoms with Crippen LogP contribution in [0.2, 0.25) is 0 Å². The second kappa shape index (κ2) is 7.35. The second-order valence-corrected chi connectivity index (χ2v) is 7.09. The molecule has 0 radical (unpaired) electrons. The van der Waals surface area contributed by atoms with E-state index in [1.807, 2.05) is 6.92 Å². The Balaban J connectivity index is 1.51. The number of hydrogen-bond donors (Lipinski definition) is 2. The number of aryl methyl sites for hydroxylation is 2. The summed E-state index contributed by atoms with van der Waals surface area (Å²) in [5.41, 5.74) is 0. The zero-order valence-electron chi connectivity index (χ0n) is 15.2. The van der Waals surface area contributed by atoms with Crippen LogP contribution < -0.4 is 10.6 Å². The molecule has 0 aromatic carbocycles. The van der Waals surface area contributed by atoms with Gasteiger partial charge in [-0.2, -0.15) is 0 Å². The summed E-state index contributed by atoms with van der Waals surface area (Å²) in [5.74, 6) is 3.96. The monoisotopic (exact) mass is 346 g/mol. The number of hydrogen-bond acceptors (Lipinski definition) is 6. The molecule has 0 saturated heterocycles. The highest BCUT2D eigenvalue weighted by Crippen LogP contribution is 2.23. The molecule has 8 heteroatoms. The molecule has 0 spiro atoms. The molecule has 0 aliphatic carbocycles. The Morgan fingerprint density at radius 3 is 2.88 bits per heavy atom. The number of carbonyl (C=O) groups is 1. The highest BCUT2D eigenvalue weighted by atomic mass is 16.5. The van der Waals surface area contributed by atoms with E-state index in [1.165, 1.54) is 0 Å². The molecule has 2 N–H and O–H groups in total. The number of carbonyl (C=O) groups excluding carboxylic acids is 1. The lowest BCUT2D eigenvalue weighted by Gasteiger charge is -2.26. The number of nitrogens with one attached hydrogen (secondary N) is 2. The van der Waals surface area contributed by atoms with Gasteiger partial charge in [-0.1, -0.05) is 19.0 Å². The summed E-state index contributed by atoms with van der Waals surface area (Å²) >= 11 is 0. The Kier molecular flexibility index (Phi) is 5.17. The molecule has 1 amide bonds. The topological polar surface area (TPSA) is 97.9 Å². The van der Waals surface area contributed by atoms with Gasteiger partial charge in [0.1, 0.15) is 17.4 Å². The number of rotatable bonds is 6. The van der Waals surface area contributed by atoms with Crippen molar-refractivity contribution in [2.24, 2.45) is 5.92 Å². The normalized spacial score (nSPS) is 18.2. The molecule has 2 aromatic heterocycles. The standard InChI is InChI=1S/C17H26N6O2/c1-10(2)16-21-20-15-6-5-13(9-23(15)16)8-18-12(4)17(24)19-14-7-11(3)25-22-14/h7,10,12-13,18H,5-6,8-9H2,1-4H3,(H,19,22,24)/t12-,13-/m0/s1. The van der Waals surface area contributed by atoms with Crippen LogP contribution in [0.4, 0.5) is 5.82 Å². The molecule has 3 heterocycles. The van der Waals surface area contributed by atoms with E-state index >= 15 is 0 Å². The number of nitrogens with zero attached hydrogens (tertiary/aromatic N) is 4. The van der Waals surface area contributed by atoms with Crippen LogP contribution in [0.1, 0.15) is 50.5 Å². The van der Waals surface area contributed by atoms with E-state index in [2.05, 4.69) is 44.4 Å². The van der Waals surface area contributed by atoms with Crippen molar-refractivity contribution in [1.29, 1.82) is 0 Å². The van der Waals surface area contributed by atoms with Crippen molar-refractivity contribution >= 4 is 11.7 Å². The van der Waals surface area contributed by atoms with Crippen LogP contribution in [0.25, 0.3) is 0 Å². The number of amides is 1. The van der Waals surface area contributed by atoms with Crippen LogP contribution in [0.15, 0.2) is 10.6 Å². The number of anilines is 1. The van der Waals surface area contributed by atoms with E-state index in [1.54, 1.807) is 13.0 Å². The van der Waals surface area contributed by atoms with Gasteiger partial charge in [0.25, 0.3) is 0 Å². The van der Waals surface area contributed by atoms with E-state index in [0.717, 1.165) is 37.6 Å². The lowest BCUT2D eigenvalue weighted by atomic mass is 9.98. The van der Waals surface area contributed by atoms with Gasteiger partial charge >= 0.3 is 0 Å². The molecular weight excluding hydrogens is 320 g/mol. The quantitative estimate of drug-likeness (QED) is 0.829. The summed E-state index contributed by atoms with van der Waals surface area (Å²) < 4.78 is 7.20. The highest BCUT2D eigenvalue weighted by Gasteiger charge is 2.25. The van der Waals surface area contributed by atoms with Crippen LogP contribution in [0.3, 0.4) is 0 Å². The van der Waals surface area contributed by atoms with Gasteiger partial charge in [0.15, 0.2) is 5.82 Å². The Labute approximate surface area is 147 Å². The zero-order valence-corrected chi connectivity index (χ0v) is 15.2. The third-order valence-corrected chi connectivity index (χ3v) is 4.57. The van der Waals surface area contributed by atoms with Crippen molar-refractivity contribution in [2.45, 2.75) is 59.0 Å². The minimum atomic E-state index is -0.302. The van der Waals surface area contributed by atoms with Gasteiger partial charge in [-0.05, 0) is 26.2 Å². The fourth-order valence-electron chi connectivity index (χ4n) is 3.11. The van der Waals surface area contributed by atoms with E-state index in [0.29, 0.717) is 23.4 Å². The van der Waals surface area contributed by atoms with Gasteiger partial charge in [-0.25, -0.2) is 0 Å². The van der Waals surface area contributed by atoms with Crippen LogP contribution in [-0.4, -0.2) is 38.4 Å². The molecular formula is C17H26N6O2. The Morgan fingerprint density at radius 1 is 1.40 bits per heavy atom. The van der Waals surface area contributed by atoms with Crippen molar-refractivity contribution in [1.82, 2.24) is 25.2 Å². The summed E-state index contributed by atoms with van der Waals surface area (Å²) in [7, 11) is 0. The smallest absolute Gasteiger partial charge is 0.242 e. The number of fused-ring (bicyclic) bond motifs is 1. The zero-order chi connectivity index (χ0) is 18.0. The van der Waals surface area contributed by atoms with Crippen molar-refractivity contribution < 1.29 is 9.32 Å². The van der Waals surface area contributed by atoms with Gasteiger partial charge in [-0.15, -0.1) is 10.2 Å². The highest BCUT2D eigenvalue weighted by molar-refractivity contribution is 5.93. The van der Waals surface area contributed by atoms with E-state index in [-0.39, 0.29) is 11.9 Å². The third kappa shape index (κ3) is 4.07. The predicted octanol–water partition coefficient (Wildman–Crippen LogP) is 1.88. The van der Waals surface area contributed by atoms with E-state index < -0.39 is 0 Å². The SMILES string of the molecule is Cc1cc(NC(=O)[C@H](C)NC[C@@H]2CCc3nnc(C(C)C)n3C2)no1. The van der Waals surface area contributed by atoms with Gasteiger partial charge in [0.2, 0.25) is 5.91 Å². The molecule has 3 rings (SSSR count). The van der Waals surface area contributed by atoms with E-state index in [4.69, 9.17) is 4.52 Å². The maximum atomic E-state index is 12.2. The molecule has 0 unspecified atom stereocenters. The first kappa shape index (κ1) is 17.6. The van der Waals surface area contributed by atoms with Crippen LogP contribution >= 0.6 is 0 Å². The molecule has 0 bridgehead atoms. The third-order valence-electron chi connectivity index (χ3n) is 4.57. The average Bonchev–Trinajstić information content (AvgIpc) is 3.18. The minimum absolute atomic E-state index is 0.114. The fraction of sp³-hybridized carbons (Fsp3) is 0.647. The molecule has 1 aliphatic rings. The first-order valence-corrected chi connectivity index (χ1v) is 8.83. The summed E-state index contributed by atoms with van der Waals surface area (Å²) in [5, 5.41) is 18.5. The average molecular weight is 346 g/mol. The lowest BCUT2D eigenvalue weighted by Crippen LogP contribution is -2.42. The minimum Gasteiger partial charge on any atom is -0.360 e. The first-order chi connectivity index (χ1) is 11.9. The first-order valence-electron chi connectivity index (χ1n) is 8.83. The maximum Gasteiger partial charge on any atom is 0.242 e. The van der Waals surface area contributed by atoms with Gasteiger partial charge < -0.3 is 19.7 Å². The Bertz CT molecular complexity index is 735. The summed E-state index contributed by atoms with van der Waals surface area (Å²) in [6.45, 7) is 9.60. The van der Waals surface area contributed by atoms with Gasteiger partial charge in [0.05, 0.1) is 6.04 Å². The molecule has 25 heavy (non-hydrogen) atoms. The maximum absolute atomic E-state index is 12.2. The van der Waals surface area contributed by atoms with Gasteiger partial charge in [-0.3, -0.25) is 4.79 Å². The van der Waals surface area contributed by atoms with Crippen molar-refractivity contribution in [2.75, 3.05) is 11.9 Å². The molecule has 1 aliphatic heterocycles. The molecule has 2 aromatic rings. The second-order valence-electron chi connectivity index (χ2n) is 7.09. The molecule has 136 valence electrons. The fourth-order valence-corrected chi connectivity index (χ4v) is 3.11. The van der Waals surface area contributed by atoms with Crippen LogP contribution in [0.5, 0.6) is 0 Å². The van der Waals surface area contributed by atoms with Gasteiger partial charge in [0, 0.05) is 31.5 Å². The largest absolute Gasteiger partial charge is 0.360 e. The summed E-state index contributed by atoms with van der Waals surface area (Å²) in [6, 6.07) is 1.40. The molecule has 2 atom stereocenters. The molecule has 0 fully saturated rings. The van der Waals surface area contributed by atoms with Crippen LogP contribution in [0, 0.1) is 12.8 Å². The van der Waals surface area contributed by atoms with Crippen LogP contribution in [-0.2, 0) is 17.8 Å². The Hall–Kier alpha value is -2.22.